The van der Waals surface area contributed by atoms with Crippen molar-refractivity contribution in [3.8, 4) is 0 Å². The summed E-state index contributed by atoms with van der Waals surface area (Å²) in [6, 6.07) is 7.89. The zero-order chi connectivity index (χ0) is 18.8. The van der Waals surface area contributed by atoms with Crippen molar-refractivity contribution in [2.45, 2.75) is 31.4 Å². The van der Waals surface area contributed by atoms with Crippen LogP contribution in [0.3, 0.4) is 0 Å². The number of para-hydroxylation sites is 1. The normalized spacial score (nSPS) is 26.1. The quantitative estimate of drug-likeness (QED) is 0.771. The van der Waals surface area contributed by atoms with Gasteiger partial charge in [-0.3, -0.25) is 14.5 Å². The summed E-state index contributed by atoms with van der Waals surface area (Å²) in [5.74, 6) is 0.213. The highest BCUT2D eigenvalue weighted by Gasteiger charge is 2.33. The first-order chi connectivity index (χ1) is 13.1. The van der Waals surface area contributed by atoms with Crippen molar-refractivity contribution in [1.82, 2.24) is 15.1 Å². The van der Waals surface area contributed by atoms with Crippen LogP contribution in [0.15, 0.2) is 24.3 Å². The van der Waals surface area contributed by atoms with E-state index in [4.69, 9.17) is 0 Å². The minimum absolute atomic E-state index is 0.0717. The number of carbonyl (C=O) groups excluding carboxylic acids is 2. The Hall–Kier alpha value is -1.96. The Morgan fingerprint density at radius 2 is 1.89 bits per heavy atom. The van der Waals surface area contributed by atoms with Gasteiger partial charge in [-0.05, 0) is 30.9 Å². The van der Waals surface area contributed by atoms with Crippen LogP contribution in [-0.4, -0.2) is 84.7 Å². The van der Waals surface area contributed by atoms with Crippen LogP contribution in [0.5, 0.6) is 0 Å². The fourth-order valence-corrected chi connectivity index (χ4v) is 4.32. The molecule has 0 aliphatic carbocycles. The summed E-state index contributed by atoms with van der Waals surface area (Å²) in [5, 5.41) is 12.7. The van der Waals surface area contributed by atoms with Crippen molar-refractivity contribution < 1.29 is 14.7 Å². The zero-order valence-electron chi connectivity index (χ0n) is 15.6. The first kappa shape index (κ1) is 18.4. The number of aryl methyl sites for hydroxylation is 1. The van der Waals surface area contributed by atoms with Crippen molar-refractivity contribution in [1.29, 1.82) is 0 Å². The van der Waals surface area contributed by atoms with Gasteiger partial charge in [-0.25, -0.2) is 0 Å². The van der Waals surface area contributed by atoms with Gasteiger partial charge >= 0.3 is 0 Å². The zero-order valence-corrected chi connectivity index (χ0v) is 15.6. The van der Waals surface area contributed by atoms with Gasteiger partial charge in [0.15, 0.2) is 0 Å². The Balaban J connectivity index is 1.29. The summed E-state index contributed by atoms with van der Waals surface area (Å²) in [7, 11) is 0. The monoisotopic (exact) mass is 372 g/mol. The van der Waals surface area contributed by atoms with Gasteiger partial charge in [0.2, 0.25) is 11.8 Å². The average Bonchev–Trinajstić information content (AvgIpc) is 3.14. The van der Waals surface area contributed by atoms with E-state index in [1.165, 1.54) is 5.56 Å². The SMILES string of the molecule is O=C(C1CC(O)CN1)N1CCN(CC(=O)N2CCCc3ccccc32)CC1. The van der Waals surface area contributed by atoms with E-state index in [2.05, 4.69) is 16.3 Å². The fraction of sp³-hybridized carbons (Fsp3) is 0.600. The Kier molecular flexibility index (Phi) is 5.43. The number of piperazine rings is 1. The van der Waals surface area contributed by atoms with E-state index in [1.54, 1.807) is 0 Å². The predicted octanol–water partition coefficient (Wildman–Crippen LogP) is -0.167. The molecule has 27 heavy (non-hydrogen) atoms. The van der Waals surface area contributed by atoms with Gasteiger partial charge in [-0.1, -0.05) is 18.2 Å². The van der Waals surface area contributed by atoms with Crippen molar-refractivity contribution in [3.05, 3.63) is 29.8 Å². The molecule has 3 aliphatic rings. The molecule has 0 radical (unpaired) electrons. The number of carbonyl (C=O) groups is 2. The number of anilines is 1. The Morgan fingerprint density at radius 1 is 1.11 bits per heavy atom. The molecule has 0 aromatic heterocycles. The van der Waals surface area contributed by atoms with Crippen LogP contribution in [0, 0.1) is 0 Å². The van der Waals surface area contributed by atoms with E-state index in [1.807, 2.05) is 28.0 Å². The van der Waals surface area contributed by atoms with Gasteiger partial charge in [-0.2, -0.15) is 0 Å². The number of β-amino-alcohol motifs (C(OH)–C–C–N with tert-alkyl or cyclic N) is 1. The third-order valence-corrected chi connectivity index (χ3v) is 5.86. The number of amides is 2. The topological polar surface area (TPSA) is 76.1 Å². The number of benzene rings is 1. The lowest BCUT2D eigenvalue weighted by atomic mass is 10.0. The number of rotatable bonds is 3. The van der Waals surface area contributed by atoms with Gasteiger partial charge in [0.25, 0.3) is 0 Å². The molecule has 3 aliphatic heterocycles. The van der Waals surface area contributed by atoms with Gasteiger partial charge < -0.3 is 20.2 Å². The molecule has 2 N–H and O–H groups in total. The minimum Gasteiger partial charge on any atom is -0.392 e. The molecule has 2 fully saturated rings. The number of nitrogens with zero attached hydrogens (tertiary/aromatic N) is 3. The highest BCUT2D eigenvalue weighted by molar-refractivity contribution is 5.96. The van der Waals surface area contributed by atoms with E-state index in [0.717, 1.165) is 25.1 Å². The summed E-state index contributed by atoms with van der Waals surface area (Å²) in [5.41, 5.74) is 2.30. The third kappa shape index (κ3) is 4.00. The number of hydrogen-bond donors (Lipinski definition) is 2. The largest absolute Gasteiger partial charge is 0.392 e. The standard InChI is InChI=1S/C20H28N4O3/c25-16-12-17(21-13-16)20(27)23-10-8-22(9-11-23)14-19(26)24-7-3-5-15-4-1-2-6-18(15)24/h1-2,4,6,16-17,21,25H,3,5,7-14H2. The lowest BCUT2D eigenvalue weighted by molar-refractivity contribution is -0.135. The lowest BCUT2D eigenvalue weighted by Gasteiger charge is -2.37. The summed E-state index contributed by atoms with van der Waals surface area (Å²) < 4.78 is 0. The first-order valence-corrected chi connectivity index (χ1v) is 9.92. The van der Waals surface area contributed by atoms with Crippen LogP contribution in [-0.2, 0) is 16.0 Å². The molecule has 0 saturated carbocycles. The number of nitrogens with one attached hydrogen (secondary N) is 1. The highest BCUT2D eigenvalue weighted by Crippen LogP contribution is 2.26. The molecule has 3 heterocycles. The molecule has 2 unspecified atom stereocenters. The van der Waals surface area contributed by atoms with Crippen LogP contribution in [0.25, 0.3) is 0 Å². The minimum atomic E-state index is -0.426. The van der Waals surface area contributed by atoms with E-state index in [9.17, 15) is 14.7 Å². The molecular formula is C20H28N4O3. The second kappa shape index (κ2) is 7.96. The van der Waals surface area contributed by atoms with Crippen molar-refractivity contribution in [3.63, 3.8) is 0 Å². The van der Waals surface area contributed by atoms with Crippen LogP contribution in [0.4, 0.5) is 5.69 Å². The number of hydrogen-bond acceptors (Lipinski definition) is 5. The molecule has 2 saturated heterocycles. The van der Waals surface area contributed by atoms with Crippen molar-refractivity contribution in [2.75, 3.05) is 50.7 Å². The Bertz CT molecular complexity index is 702. The maximum Gasteiger partial charge on any atom is 0.241 e. The van der Waals surface area contributed by atoms with Gasteiger partial charge in [0, 0.05) is 45.0 Å². The summed E-state index contributed by atoms with van der Waals surface area (Å²) in [4.78, 5) is 31.3. The van der Waals surface area contributed by atoms with Crippen molar-refractivity contribution >= 4 is 17.5 Å². The molecular weight excluding hydrogens is 344 g/mol. The van der Waals surface area contributed by atoms with Crippen LogP contribution in [0.2, 0.25) is 0 Å². The number of fused-ring (bicyclic) bond motifs is 1. The maximum atomic E-state index is 12.9. The number of aliphatic hydroxyl groups is 1. The molecule has 4 rings (SSSR count). The fourth-order valence-electron chi connectivity index (χ4n) is 4.32. The summed E-state index contributed by atoms with van der Waals surface area (Å²) >= 11 is 0. The molecule has 0 bridgehead atoms. The van der Waals surface area contributed by atoms with Gasteiger partial charge in [-0.15, -0.1) is 0 Å². The predicted molar refractivity (Wildman–Crippen MR) is 103 cm³/mol. The average molecular weight is 372 g/mol. The molecule has 0 spiro atoms. The molecule has 2 amide bonds. The Morgan fingerprint density at radius 3 is 2.63 bits per heavy atom. The molecule has 146 valence electrons. The van der Waals surface area contributed by atoms with Crippen molar-refractivity contribution in [2.24, 2.45) is 0 Å². The highest BCUT2D eigenvalue weighted by atomic mass is 16.3. The number of aliphatic hydroxyl groups excluding tert-OH is 1. The summed E-state index contributed by atoms with van der Waals surface area (Å²) in [6.45, 7) is 4.36. The third-order valence-electron chi connectivity index (χ3n) is 5.86. The van der Waals surface area contributed by atoms with Gasteiger partial charge in [0.1, 0.15) is 0 Å². The molecule has 1 aromatic carbocycles. The lowest BCUT2D eigenvalue weighted by Crippen LogP contribution is -2.54. The second-order valence-corrected chi connectivity index (χ2v) is 7.73. The Labute approximate surface area is 159 Å². The van der Waals surface area contributed by atoms with Crippen LogP contribution < -0.4 is 10.2 Å². The van der Waals surface area contributed by atoms with E-state index < -0.39 is 6.10 Å². The van der Waals surface area contributed by atoms with E-state index >= 15 is 0 Å². The second-order valence-electron chi connectivity index (χ2n) is 7.73. The van der Waals surface area contributed by atoms with Gasteiger partial charge in [0.05, 0.1) is 18.7 Å². The van der Waals surface area contributed by atoms with E-state index in [0.29, 0.717) is 45.7 Å². The maximum absolute atomic E-state index is 12.9. The molecule has 7 heteroatoms. The van der Waals surface area contributed by atoms with Crippen LogP contribution in [0.1, 0.15) is 18.4 Å². The molecule has 2 atom stereocenters. The molecule has 7 nitrogen and oxygen atoms in total. The van der Waals surface area contributed by atoms with E-state index in [-0.39, 0.29) is 17.9 Å². The van der Waals surface area contributed by atoms with Crippen LogP contribution >= 0.6 is 0 Å². The summed E-state index contributed by atoms with van der Waals surface area (Å²) in [6.07, 6.45) is 2.10. The first-order valence-electron chi connectivity index (χ1n) is 9.92. The smallest absolute Gasteiger partial charge is 0.241 e. The molecule has 1 aromatic rings.